The minimum Gasteiger partial charge on any atom is -0.375 e. The van der Waals surface area contributed by atoms with Gasteiger partial charge < -0.3 is 10.1 Å². The molecule has 0 radical (unpaired) electrons. The van der Waals surface area contributed by atoms with Gasteiger partial charge in [0, 0.05) is 38.9 Å². The van der Waals surface area contributed by atoms with Crippen molar-refractivity contribution in [3.8, 4) is 0 Å². The molecule has 2 aliphatic rings. The maximum absolute atomic E-state index is 5.94. The summed E-state index contributed by atoms with van der Waals surface area (Å²) in [5, 5.41) is 8.07. The Morgan fingerprint density at radius 2 is 2.44 bits per heavy atom. The van der Waals surface area contributed by atoms with Crippen molar-refractivity contribution >= 4 is 0 Å². The predicted molar refractivity (Wildman–Crippen MR) is 70.5 cm³/mol. The van der Waals surface area contributed by atoms with Gasteiger partial charge in [0.1, 0.15) is 0 Å². The van der Waals surface area contributed by atoms with E-state index < -0.39 is 0 Å². The fourth-order valence-electron chi connectivity index (χ4n) is 3.12. The van der Waals surface area contributed by atoms with Crippen LogP contribution in [-0.2, 0) is 18.2 Å². The Labute approximate surface area is 109 Å². The average Bonchev–Trinajstić information content (AvgIpc) is 2.74. The van der Waals surface area contributed by atoms with Crippen molar-refractivity contribution in [3.05, 3.63) is 18.0 Å². The fourth-order valence-corrected chi connectivity index (χ4v) is 3.12. The number of hydrogen-bond donors (Lipinski definition) is 1. The molecule has 0 bridgehead atoms. The molecule has 0 amide bonds. The standard InChI is InChI=1S/C14H23N3O/c1-17-9-4-12(16-17)3-8-15-13-5-10-18-14(11-13)6-2-7-14/h4,9,13,15H,2-3,5-8,10-11H2,1H3. The van der Waals surface area contributed by atoms with Crippen LogP contribution in [0.1, 0.15) is 37.8 Å². The molecule has 1 aliphatic heterocycles. The number of rotatable bonds is 4. The lowest BCUT2D eigenvalue weighted by molar-refractivity contribution is -0.135. The molecule has 18 heavy (non-hydrogen) atoms. The van der Waals surface area contributed by atoms with Crippen molar-refractivity contribution in [2.45, 2.75) is 50.2 Å². The highest BCUT2D eigenvalue weighted by Crippen LogP contribution is 2.42. The van der Waals surface area contributed by atoms with E-state index in [1.54, 1.807) is 0 Å². The molecular formula is C14H23N3O. The molecule has 1 atom stereocenters. The first kappa shape index (κ1) is 12.2. The monoisotopic (exact) mass is 249 g/mol. The van der Waals surface area contributed by atoms with Gasteiger partial charge in [-0.15, -0.1) is 0 Å². The third-order valence-corrected chi connectivity index (χ3v) is 4.34. The van der Waals surface area contributed by atoms with Crippen LogP contribution in [0.4, 0.5) is 0 Å². The molecule has 1 unspecified atom stereocenters. The minimum absolute atomic E-state index is 0.251. The molecule has 1 saturated carbocycles. The summed E-state index contributed by atoms with van der Waals surface area (Å²) >= 11 is 0. The fraction of sp³-hybridized carbons (Fsp3) is 0.786. The van der Waals surface area contributed by atoms with Gasteiger partial charge in [0.05, 0.1) is 11.3 Å². The summed E-state index contributed by atoms with van der Waals surface area (Å²) in [7, 11) is 1.97. The van der Waals surface area contributed by atoms with E-state index in [1.165, 1.54) is 31.4 Å². The summed E-state index contributed by atoms with van der Waals surface area (Å²) < 4.78 is 7.81. The van der Waals surface area contributed by atoms with Crippen molar-refractivity contribution in [3.63, 3.8) is 0 Å². The van der Waals surface area contributed by atoms with Crippen molar-refractivity contribution < 1.29 is 4.74 Å². The van der Waals surface area contributed by atoms with E-state index in [2.05, 4.69) is 16.5 Å². The Morgan fingerprint density at radius 3 is 3.11 bits per heavy atom. The van der Waals surface area contributed by atoms with E-state index in [0.717, 1.165) is 26.0 Å². The van der Waals surface area contributed by atoms with Crippen LogP contribution in [0.15, 0.2) is 12.3 Å². The number of aryl methyl sites for hydroxylation is 1. The van der Waals surface area contributed by atoms with Crippen LogP contribution >= 0.6 is 0 Å². The third-order valence-electron chi connectivity index (χ3n) is 4.34. The lowest BCUT2D eigenvalue weighted by Gasteiger charge is -2.47. The summed E-state index contributed by atoms with van der Waals surface area (Å²) in [6.07, 6.45) is 9.27. The van der Waals surface area contributed by atoms with Crippen LogP contribution in [0.5, 0.6) is 0 Å². The van der Waals surface area contributed by atoms with Gasteiger partial charge in [-0.3, -0.25) is 4.68 Å². The Balaban J connectivity index is 1.43. The van der Waals surface area contributed by atoms with E-state index in [9.17, 15) is 0 Å². The molecule has 3 rings (SSSR count). The first-order valence-electron chi connectivity index (χ1n) is 7.12. The molecule has 1 saturated heterocycles. The van der Waals surface area contributed by atoms with E-state index in [1.807, 2.05) is 17.9 Å². The molecule has 1 N–H and O–H groups in total. The van der Waals surface area contributed by atoms with Crippen LogP contribution < -0.4 is 5.32 Å². The maximum atomic E-state index is 5.94. The van der Waals surface area contributed by atoms with Gasteiger partial charge in [-0.1, -0.05) is 0 Å². The van der Waals surface area contributed by atoms with Gasteiger partial charge in [0.2, 0.25) is 0 Å². The quantitative estimate of drug-likeness (QED) is 0.882. The van der Waals surface area contributed by atoms with Gasteiger partial charge in [-0.05, 0) is 38.2 Å². The van der Waals surface area contributed by atoms with Crippen molar-refractivity contribution in [1.82, 2.24) is 15.1 Å². The lowest BCUT2D eigenvalue weighted by Crippen LogP contribution is -2.51. The highest BCUT2D eigenvalue weighted by Gasteiger charge is 2.42. The van der Waals surface area contributed by atoms with Crippen molar-refractivity contribution in [2.75, 3.05) is 13.2 Å². The predicted octanol–water partition coefficient (Wildman–Crippen LogP) is 1.65. The molecule has 4 nitrogen and oxygen atoms in total. The second-order valence-electron chi connectivity index (χ2n) is 5.76. The molecular weight excluding hydrogens is 226 g/mol. The van der Waals surface area contributed by atoms with E-state index in [0.29, 0.717) is 6.04 Å². The Morgan fingerprint density at radius 1 is 1.56 bits per heavy atom. The molecule has 4 heteroatoms. The Kier molecular flexibility index (Phi) is 3.39. The van der Waals surface area contributed by atoms with Gasteiger partial charge in [-0.2, -0.15) is 5.10 Å². The molecule has 1 aliphatic carbocycles. The largest absolute Gasteiger partial charge is 0.375 e. The Bertz CT molecular complexity index is 397. The summed E-state index contributed by atoms with van der Waals surface area (Å²) in [5.74, 6) is 0. The number of nitrogens with one attached hydrogen (secondary N) is 1. The van der Waals surface area contributed by atoms with Crippen LogP contribution in [-0.4, -0.2) is 34.6 Å². The van der Waals surface area contributed by atoms with Crippen molar-refractivity contribution in [2.24, 2.45) is 7.05 Å². The van der Waals surface area contributed by atoms with Gasteiger partial charge in [0.25, 0.3) is 0 Å². The Hall–Kier alpha value is -0.870. The third kappa shape index (κ3) is 2.59. The first-order valence-corrected chi connectivity index (χ1v) is 7.12. The molecule has 2 fully saturated rings. The van der Waals surface area contributed by atoms with E-state index in [4.69, 9.17) is 4.74 Å². The molecule has 1 spiro atoms. The smallest absolute Gasteiger partial charge is 0.0697 e. The second-order valence-corrected chi connectivity index (χ2v) is 5.76. The topological polar surface area (TPSA) is 39.1 Å². The summed E-state index contributed by atoms with van der Waals surface area (Å²) in [5.41, 5.74) is 1.43. The summed E-state index contributed by atoms with van der Waals surface area (Å²) in [6, 6.07) is 2.74. The molecule has 1 aromatic heterocycles. The molecule has 100 valence electrons. The van der Waals surface area contributed by atoms with Crippen LogP contribution in [0.25, 0.3) is 0 Å². The van der Waals surface area contributed by atoms with Gasteiger partial charge >= 0.3 is 0 Å². The maximum Gasteiger partial charge on any atom is 0.0697 e. The number of aromatic nitrogens is 2. The van der Waals surface area contributed by atoms with Crippen LogP contribution in [0.2, 0.25) is 0 Å². The van der Waals surface area contributed by atoms with Crippen molar-refractivity contribution in [1.29, 1.82) is 0 Å². The zero-order valence-corrected chi connectivity index (χ0v) is 11.2. The zero-order chi connectivity index (χ0) is 12.4. The summed E-state index contributed by atoms with van der Waals surface area (Å²) in [4.78, 5) is 0. The first-order chi connectivity index (χ1) is 8.76. The van der Waals surface area contributed by atoms with E-state index in [-0.39, 0.29) is 5.60 Å². The normalized spacial score (nSPS) is 26.2. The summed E-state index contributed by atoms with van der Waals surface area (Å²) in [6.45, 7) is 1.96. The van der Waals surface area contributed by atoms with Gasteiger partial charge in [-0.25, -0.2) is 0 Å². The van der Waals surface area contributed by atoms with Crippen LogP contribution in [0, 0.1) is 0 Å². The number of hydrogen-bond acceptors (Lipinski definition) is 3. The number of ether oxygens (including phenoxy) is 1. The molecule has 1 aromatic rings. The van der Waals surface area contributed by atoms with Crippen LogP contribution in [0.3, 0.4) is 0 Å². The second kappa shape index (κ2) is 5.02. The number of nitrogens with zero attached hydrogens (tertiary/aromatic N) is 2. The SMILES string of the molecule is Cn1ccc(CCNC2CCOC3(CCC3)C2)n1. The zero-order valence-electron chi connectivity index (χ0n) is 11.2. The molecule has 0 aromatic carbocycles. The average molecular weight is 249 g/mol. The lowest BCUT2D eigenvalue weighted by atomic mass is 9.74. The highest BCUT2D eigenvalue weighted by atomic mass is 16.5. The van der Waals surface area contributed by atoms with E-state index >= 15 is 0 Å². The minimum atomic E-state index is 0.251. The highest BCUT2D eigenvalue weighted by molar-refractivity contribution is 5.00. The molecule has 2 heterocycles. The van der Waals surface area contributed by atoms with Gasteiger partial charge in [0.15, 0.2) is 0 Å².